The maximum absolute atomic E-state index is 13.6. The van der Waals surface area contributed by atoms with Crippen molar-refractivity contribution in [3.8, 4) is 5.75 Å². The van der Waals surface area contributed by atoms with E-state index in [9.17, 15) is 14.7 Å². The highest BCUT2D eigenvalue weighted by Crippen LogP contribution is 2.69. The van der Waals surface area contributed by atoms with Crippen LogP contribution in [0.4, 0.5) is 5.69 Å². The van der Waals surface area contributed by atoms with Gasteiger partial charge in [-0.05, 0) is 53.8 Å². The van der Waals surface area contributed by atoms with Gasteiger partial charge in [-0.2, -0.15) is 0 Å². The zero-order valence-electron chi connectivity index (χ0n) is 22.6. The first kappa shape index (κ1) is 25.2. The molecule has 39 heavy (non-hydrogen) atoms. The summed E-state index contributed by atoms with van der Waals surface area (Å²) in [6.45, 7) is 0.606. The number of carboxylic acids is 1. The summed E-state index contributed by atoms with van der Waals surface area (Å²) >= 11 is 0. The molecule has 2 bridgehead atoms. The second-order valence-corrected chi connectivity index (χ2v) is 11.3. The van der Waals surface area contributed by atoms with Crippen LogP contribution in [0.2, 0.25) is 0 Å². The lowest BCUT2D eigenvalue weighted by molar-refractivity contribution is -0.157. The maximum Gasteiger partial charge on any atom is 0.312 e. The van der Waals surface area contributed by atoms with Crippen LogP contribution in [0.25, 0.3) is 6.08 Å². The van der Waals surface area contributed by atoms with Gasteiger partial charge in [0.25, 0.3) is 0 Å². The molecule has 1 N–H and O–H groups in total. The second kappa shape index (κ2) is 9.30. The Balaban J connectivity index is 1.46. The van der Waals surface area contributed by atoms with Crippen molar-refractivity contribution >= 4 is 23.6 Å². The number of carboxylic acid groups (broad SMARTS) is 1. The zero-order valence-corrected chi connectivity index (χ0v) is 22.6. The predicted molar refractivity (Wildman–Crippen MR) is 152 cm³/mol. The van der Waals surface area contributed by atoms with E-state index >= 15 is 0 Å². The third-order valence-corrected chi connectivity index (χ3v) is 9.47. The van der Waals surface area contributed by atoms with Crippen molar-refractivity contribution in [3.05, 3.63) is 101 Å². The Labute approximate surface area is 229 Å². The van der Waals surface area contributed by atoms with Crippen LogP contribution in [0, 0.1) is 11.3 Å². The fourth-order valence-electron chi connectivity index (χ4n) is 7.76. The van der Waals surface area contributed by atoms with Gasteiger partial charge in [-0.15, -0.1) is 0 Å². The first-order valence-corrected chi connectivity index (χ1v) is 13.5. The van der Waals surface area contributed by atoms with Gasteiger partial charge < -0.3 is 19.6 Å². The standard InChI is InChI=1S/C33H34N2O4/c1-34(2)24-11-8-10-23(19-24)32-18-17-27(25-12-5-6-13-26(25)32)33(31(37)38)21-35(20-29(32)33)30(36)16-15-22-9-4-7-14-28(22)39-3/h4-16,19,27,29H,17-18,20-21H2,1-3H3,(H,37,38)/b16-15+/t27-,29-,32-,33-/m0/s1. The van der Waals surface area contributed by atoms with E-state index in [2.05, 4.69) is 47.4 Å². The Kier molecular flexibility index (Phi) is 6.01. The third kappa shape index (κ3) is 3.61. The number of rotatable bonds is 6. The van der Waals surface area contributed by atoms with Crippen LogP contribution in [0.1, 0.15) is 41.0 Å². The van der Waals surface area contributed by atoms with E-state index in [1.54, 1.807) is 24.2 Å². The summed E-state index contributed by atoms with van der Waals surface area (Å²) in [4.78, 5) is 30.8. The Morgan fingerprint density at radius 1 is 1.05 bits per heavy atom. The SMILES string of the molecule is COc1ccccc1/C=C/C(=O)N1C[C@H]2[C@]3(c4cccc(N(C)C)c4)CC[C@@H](c4ccccc43)[C@@]2(C(=O)O)C1. The molecular weight excluding hydrogens is 488 g/mol. The maximum atomic E-state index is 13.6. The molecule has 6 nitrogen and oxygen atoms in total. The molecule has 7 rings (SSSR count). The molecule has 6 heteroatoms. The number of methoxy groups -OCH3 is 1. The average molecular weight is 523 g/mol. The topological polar surface area (TPSA) is 70.1 Å². The molecule has 0 spiro atoms. The minimum absolute atomic E-state index is 0.133. The third-order valence-electron chi connectivity index (χ3n) is 9.47. The molecule has 3 aliphatic carbocycles. The number of hydrogen-bond acceptors (Lipinski definition) is 4. The summed E-state index contributed by atoms with van der Waals surface area (Å²) in [7, 11) is 5.65. The molecule has 4 aliphatic rings. The van der Waals surface area contributed by atoms with Gasteiger partial charge in [0.05, 0.1) is 12.5 Å². The molecule has 2 fully saturated rings. The highest BCUT2D eigenvalue weighted by atomic mass is 16.5. The highest BCUT2D eigenvalue weighted by Gasteiger charge is 2.70. The number of aliphatic carboxylic acids is 1. The molecule has 1 aliphatic heterocycles. The van der Waals surface area contributed by atoms with Crippen LogP contribution >= 0.6 is 0 Å². The van der Waals surface area contributed by atoms with E-state index < -0.39 is 16.8 Å². The molecule has 0 unspecified atom stereocenters. The number of carbonyl (C=O) groups is 2. The molecule has 1 saturated heterocycles. The first-order chi connectivity index (χ1) is 18.8. The molecule has 0 radical (unpaired) electrons. The van der Waals surface area contributed by atoms with Crippen molar-refractivity contribution < 1.29 is 19.4 Å². The van der Waals surface area contributed by atoms with E-state index in [-0.39, 0.29) is 24.3 Å². The fraction of sp³-hybridized carbons (Fsp3) is 0.333. The van der Waals surface area contributed by atoms with Gasteiger partial charge in [-0.3, -0.25) is 9.59 Å². The molecular formula is C33H34N2O4. The number of amides is 1. The van der Waals surface area contributed by atoms with Gasteiger partial charge in [0.1, 0.15) is 5.75 Å². The van der Waals surface area contributed by atoms with Crippen LogP contribution in [0.3, 0.4) is 0 Å². The normalized spacial score (nSPS) is 26.8. The molecule has 1 amide bonds. The van der Waals surface area contributed by atoms with Crippen molar-refractivity contribution in [3.63, 3.8) is 0 Å². The quantitative estimate of drug-likeness (QED) is 0.452. The van der Waals surface area contributed by atoms with Crippen LogP contribution in [0.5, 0.6) is 5.75 Å². The molecule has 0 aromatic heterocycles. The van der Waals surface area contributed by atoms with Crippen LogP contribution in [-0.2, 0) is 15.0 Å². The second-order valence-electron chi connectivity index (χ2n) is 11.3. The molecule has 200 valence electrons. The van der Waals surface area contributed by atoms with Crippen molar-refractivity contribution in [2.45, 2.75) is 24.2 Å². The summed E-state index contributed by atoms with van der Waals surface area (Å²) in [5.41, 5.74) is 3.83. The van der Waals surface area contributed by atoms with E-state index in [1.807, 2.05) is 44.4 Å². The number of likely N-dealkylation sites (tertiary alicyclic amines) is 1. The number of para-hydroxylation sites is 1. The van der Waals surface area contributed by atoms with Crippen molar-refractivity contribution in [2.75, 3.05) is 39.2 Å². The van der Waals surface area contributed by atoms with Crippen molar-refractivity contribution in [1.29, 1.82) is 0 Å². The van der Waals surface area contributed by atoms with E-state index in [4.69, 9.17) is 4.74 Å². The number of benzene rings is 3. The first-order valence-electron chi connectivity index (χ1n) is 13.5. The lowest BCUT2D eigenvalue weighted by Gasteiger charge is -2.59. The predicted octanol–water partition coefficient (Wildman–Crippen LogP) is 5.18. The summed E-state index contributed by atoms with van der Waals surface area (Å²) < 4.78 is 5.43. The van der Waals surface area contributed by atoms with Gasteiger partial charge in [0.15, 0.2) is 0 Å². The molecule has 1 saturated carbocycles. The summed E-state index contributed by atoms with van der Waals surface area (Å²) in [5.74, 6) is -0.657. The number of anilines is 1. The van der Waals surface area contributed by atoms with Crippen LogP contribution in [-0.4, -0.2) is 56.2 Å². The Morgan fingerprint density at radius 2 is 1.82 bits per heavy atom. The highest BCUT2D eigenvalue weighted by molar-refractivity contribution is 5.93. The molecule has 3 aromatic rings. The lowest BCUT2D eigenvalue weighted by Crippen LogP contribution is -2.60. The molecule has 4 atom stereocenters. The summed E-state index contributed by atoms with van der Waals surface area (Å²) in [6, 6.07) is 24.4. The van der Waals surface area contributed by atoms with Gasteiger partial charge in [0, 0.05) is 61.8 Å². The number of fused-ring (bicyclic) bond motifs is 1. The van der Waals surface area contributed by atoms with Crippen LogP contribution < -0.4 is 9.64 Å². The van der Waals surface area contributed by atoms with Gasteiger partial charge >= 0.3 is 5.97 Å². The Hall–Kier alpha value is -4.06. The summed E-state index contributed by atoms with van der Waals surface area (Å²) in [6.07, 6.45) is 4.96. The number of ether oxygens (including phenoxy) is 1. The van der Waals surface area contributed by atoms with Crippen LogP contribution in [0.15, 0.2) is 78.9 Å². The smallest absolute Gasteiger partial charge is 0.312 e. The Bertz CT molecular complexity index is 1480. The zero-order chi connectivity index (χ0) is 27.4. The van der Waals surface area contributed by atoms with E-state index in [0.717, 1.165) is 35.2 Å². The number of carbonyl (C=O) groups excluding carboxylic acids is 1. The average Bonchev–Trinajstić information content (AvgIpc) is 3.40. The van der Waals surface area contributed by atoms with E-state index in [1.165, 1.54) is 5.56 Å². The Morgan fingerprint density at radius 3 is 2.59 bits per heavy atom. The summed E-state index contributed by atoms with van der Waals surface area (Å²) in [5, 5.41) is 10.9. The number of nitrogens with zero attached hydrogens (tertiary/aromatic N) is 2. The van der Waals surface area contributed by atoms with E-state index in [0.29, 0.717) is 12.3 Å². The van der Waals surface area contributed by atoms with Crippen molar-refractivity contribution in [1.82, 2.24) is 4.90 Å². The van der Waals surface area contributed by atoms with Gasteiger partial charge in [0.2, 0.25) is 5.91 Å². The van der Waals surface area contributed by atoms with Gasteiger partial charge in [-0.1, -0.05) is 54.6 Å². The van der Waals surface area contributed by atoms with Crippen molar-refractivity contribution in [2.24, 2.45) is 11.3 Å². The minimum Gasteiger partial charge on any atom is -0.496 e. The number of hydrogen-bond donors (Lipinski definition) is 1. The minimum atomic E-state index is -1.05. The largest absolute Gasteiger partial charge is 0.496 e. The molecule has 3 aromatic carbocycles. The monoisotopic (exact) mass is 522 g/mol. The lowest BCUT2D eigenvalue weighted by atomic mass is 9.42. The fourth-order valence-corrected chi connectivity index (χ4v) is 7.76. The van der Waals surface area contributed by atoms with Gasteiger partial charge in [-0.25, -0.2) is 0 Å². The molecule has 1 heterocycles.